The van der Waals surface area contributed by atoms with Gasteiger partial charge in [-0.25, -0.2) is 0 Å². The molecule has 0 aromatic heterocycles. The van der Waals surface area contributed by atoms with Gasteiger partial charge < -0.3 is 0 Å². The second kappa shape index (κ2) is 3.75. The molecule has 1 rings (SSSR count). The monoisotopic (exact) mass is 343 g/mol. The molecule has 0 aliphatic carbocycles. The van der Waals surface area contributed by atoms with Gasteiger partial charge in [-0.1, -0.05) is 69.4 Å². The van der Waals surface area contributed by atoms with Gasteiger partial charge in [-0.2, -0.15) is 0 Å². The quantitative estimate of drug-likeness (QED) is 0.542. The summed E-state index contributed by atoms with van der Waals surface area (Å²) in [6.07, 6.45) is 0. The van der Waals surface area contributed by atoms with Crippen molar-refractivity contribution in [2.24, 2.45) is 0 Å². The van der Waals surface area contributed by atoms with E-state index in [2.05, 4.69) is 63.4 Å². The largest absolute Gasteiger partial charge is 0.0874 e. The fourth-order valence-corrected chi connectivity index (χ4v) is 1.38. The van der Waals surface area contributed by atoms with Gasteiger partial charge in [0.2, 0.25) is 0 Å². The first-order valence-corrected chi connectivity index (χ1v) is 5.04. The zero-order valence-electron chi connectivity index (χ0n) is 4.64. The minimum Gasteiger partial charge on any atom is -0.0657 e. The van der Waals surface area contributed by atoms with Crippen LogP contribution in [-0.2, 0) is 0 Å². The summed E-state index contributed by atoms with van der Waals surface area (Å²) in [5, 5.41) is 0. The SMILES string of the molecule is IC(I)c1cc[c]cc1. The maximum absolute atomic E-state index is 2.98. The van der Waals surface area contributed by atoms with E-state index in [9.17, 15) is 0 Å². The third kappa shape index (κ3) is 2.41. The van der Waals surface area contributed by atoms with Crippen molar-refractivity contribution < 1.29 is 0 Å². The van der Waals surface area contributed by atoms with E-state index in [1.165, 1.54) is 5.56 Å². The first-order valence-electron chi connectivity index (χ1n) is 2.55. The molecule has 2 heteroatoms. The van der Waals surface area contributed by atoms with Gasteiger partial charge in [-0.05, 0) is 11.6 Å². The Kier molecular flexibility index (Phi) is 3.25. The minimum atomic E-state index is 0.579. The third-order valence-corrected chi connectivity index (χ3v) is 2.43. The number of rotatable bonds is 1. The molecule has 0 aliphatic heterocycles. The molecule has 0 saturated heterocycles. The second-order valence-corrected chi connectivity index (χ2v) is 6.51. The predicted octanol–water partition coefficient (Wildman–Crippen LogP) is 3.36. The van der Waals surface area contributed by atoms with Gasteiger partial charge in [0.15, 0.2) is 0 Å². The van der Waals surface area contributed by atoms with E-state index >= 15 is 0 Å². The van der Waals surface area contributed by atoms with Gasteiger partial charge in [0.1, 0.15) is 0 Å². The first-order chi connectivity index (χ1) is 4.30. The van der Waals surface area contributed by atoms with Crippen LogP contribution in [0, 0.1) is 6.07 Å². The highest BCUT2D eigenvalue weighted by molar-refractivity contribution is 14.2. The predicted molar refractivity (Wildman–Crippen MR) is 56.1 cm³/mol. The van der Waals surface area contributed by atoms with Gasteiger partial charge in [0.25, 0.3) is 0 Å². The van der Waals surface area contributed by atoms with E-state index in [0.717, 1.165) is 0 Å². The lowest BCUT2D eigenvalue weighted by molar-refractivity contribution is 1.46. The number of benzene rings is 1. The maximum atomic E-state index is 2.98. The fourth-order valence-electron chi connectivity index (χ4n) is 0.545. The molecule has 0 aliphatic rings. The molecule has 0 atom stereocenters. The molecule has 0 heterocycles. The summed E-state index contributed by atoms with van der Waals surface area (Å²) < 4.78 is 0.579. The van der Waals surface area contributed by atoms with Crippen molar-refractivity contribution in [1.29, 1.82) is 0 Å². The van der Waals surface area contributed by atoms with E-state index in [-0.39, 0.29) is 0 Å². The highest BCUT2D eigenvalue weighted by atomic mass is 127. The molecule has 0 bridgehead atoms. The van der Waals surface area contributed by atoms with Crippen molar-refractivity contribution in [2.75, 3.05) is 0 Å². The molecule has 0 fully saturated rings. The van der Waals surface area contributed by atoms with E-state index in [1.54, 1.807) is 0 Å². The molecule has 0 N–H and O–H groups in total. The summed E-state index contributed by atoms with van der Waals surface area (Å²) in [5.74, 6) is 0. The Morgan fingerprint density at radius 2 is 1.78 bits per heavy atom. The number of alkyl halides is 2. The van der Waals surface area contributed by atoms with Crippen molar-refractivity contribution in [2.45, 2.75) is 1.93 Å². The standard InChI is InChI=1S/C7H5I2/c8-7(9)6-4-2-1-3-5-6/h2-5,7H. The maximum Gasteiger partial charge on any atom is 0.0874 e. The molecular weight excluding hydrogens is 338 g/mol. The number of halogens is 2. The molecule has 0 saturated carbocycles. The van der Waals surface area contributed by atoms with Gasteiger partial charge >= 0.3 is 0 Å². The van der Waals surface area contributed by atoms with E-state index in [4.69, 9.17) is 0 Å². The summed E-state index contributed by atoms with van der Waals surface area (Å²) in [6.45, 7) is 0. The molecule has 0 unspecified atom stereocenters. The molecule has 1 aromatic rings. The molecule has 0 spiro atoms. The lowest BCUT2D eigenvalue weighted by Gasteiger charge is -1.97. The summed E-state index contributed by atoms with van der Waals surface area (Å²) in [6, 6.07) is 11.0. The summed E-state index contributed by atoms with van der Waals surface area (Å²) in [5.41, 5.74) is 1.36. The van der Waals surface area contributed by atoms with Crippen LogP contribution in [0.4, 0.5) is 0 Å². The van der Waals surface area contributed by atoms with E-state index in [0.29, 0.717) is 1.93 Å². The van der Waals surface area contributed by atoms with Crippen LogP contribution in [0.15, 0.2) is 24.3 Å². The van der Waals surface area contributed by atoms with Crippen LogP contribution in [0.3, 0.4) is 0 Å². The van der Waals surface area contributed by atoms with Crippen molar-refractivity contribution >= 4 is 45.2 Å². The van der Waals surface area contributed by atoms with Crippen LogP contribution >= 0.6 is 45.2 Å². The third-order valence-electron chi connectivity index (χ3n) is 0.996. The fraction of sp³-hybridized carbons (Fsp3) is 0.143. The molecule has 9 heavy (non-hydrogen) atoms. The van der Waals surface area contributed by atoms with Crippen LogP contribution in [0.25, 0.3) is 0 Å². The molecule has 47 valence electrons. The second-order valence-electron chi connectivity index (χ2n) is 1.63. The summed E-state index contributed by atoms with van der Waals surface area (Å²) in [7, 11) is 0. The Morgan fingerprint density at radius 3 is 2.11 bits per heavy atom. The van der Waals surface area contributed by atoms with Crippen molar-refractivity contribution in [1.82, 2.24) is 0 Å². The molecule has 0 nitrogen and oxygen atoms in total. The lowest BCUT2D eigenvalue weighted by Crippen LogP contribution is -1.75. The van der Waals surface area contributed by atoms with Crippen LogP contribution in [0.2, 0.25) is 0 Å². The lowest BCUT2D eigenvalue weighted by atomic mass is 10.2. The Bertz CT molecular complexity index is 170. The van der Waals surface area contributed by atoms with Gasteiger partial charge in [0, 0.05) is 0 Å². The van der Waals surface area contributed by atoms with Crippen LogP contribution in [0.1, 0.15) is 7.49 Å². The average molecular weight is 343 g/mol. The van der Waals surface area contributed by atoms with Gasteiger partial charge in [0.05, 0.1) is 1.93 Å². The smallest absolute Gasteiger partial charge is 0.0657 e. The van der Waals surface area contributed by atoms with Crippen LogP contribution < -0.4 is 0 Å². The molecule has 1 radical (unpaired) electrons. The van der Waals surface area contributed by atoms with Crippen molar-refractivity contribution in [3.63, 3.8) is 0 Å². The Labute approximate surface area is 82.3 Å². The highest BCUT2D eigenvalue weighted by Crippen LogP contribution is 2.29. The Morgan fingerprint density at radius 1 is 1.22 bits per heavy atom. The summed E-state index contributed by atoms with van der Waals surface area (Å²) >= 11 is 4.76. The number of hydrogen-bond donors (Lipinski definition) is 0. The average Bonchev–Trinajstić information content (AvgIpc) is 1.90. The molecule has 0 amide bonds. The summed E-state index contributed by atoms with van der Waals surface area (Å²) in [4.78, 5) is 0. The topological polar surface area (TPSA) is 0 Å². The van der Waals surface area contributed by atoms with Gasteiger partial charge in [-0.3, -0.25) is 0 Å². The Balaban J connectivity index is 2.85. The Hall–Kier alpha value is 0.680. The van der Waals surface area contributed by atoms with Crippen LogP contribution in [0.5, 0.6) is 0 Å². The normalized spacial score (nSPS) is 10.1. The van der Waals surface area contributed by atoms with Crippen molar-refractivity contribution in [3.05, 3.63) is 35.9 Å². The number of hydrogen-bond acceptors (Lipinski definition) is 0. The van der Waals surface area contributed by atoms with Gasteiger partial charge in [-0.15, -0.1) is 0 Å². The zero-order chi connectivity index (χ0) is 6.69. The van der Waals surface area contributed by atoms with E-state index in [1.807, 2.05) is 12.1 Å². The highest BCUT2D eigenvalue weighted by Gasteiger charge is 1.97. The minimum absolute atomic E-state index is 0.579. The molecule has 1 aromatic carbocycles. The van der Waals surface area contributed by atoms with Crippen LogP contribution in [-0.4, -0.2) is 0 Å². The zero-order valence-corrected chi connectivity index (χ0v) is 8.96. The van der Waals surface area contributed by atoms with Crippen molar-refractivity contribution in [3.8, 4) is 0 Å². The molecular formula is C7H5I2. The van der Waals surface area contributed by atoms with E-state index < -0.39 is 0 Å². The first kappa shape index (κ1) is 7.78.